The number of carbonyl (C=O) groups excluding carboxylic acids is 1. The minimum Gasteiger partial charge on any atom is -0.348 e. The first-order chi connectivity index (χ1) is 14.1. The number of hydrogen-bond acceptors (Lipinski definition) is 6. The summed E-state index contributed by atoms with van der Waals surface area (Å²) in [6, 6.07) is 8.52. The van der Waals surface area contributed by atoms with E-state index >= 15 is 0 Å². The van der Waals surface area contributed by atoms with Crippen LogP contribution in [0.25, 0.3) is 11.4 Å². The van der Waals surface area contributed by atoms with Crippen LogP contribution in [0.4, 0.5) is 0 Å². The van der Waals surface area contributed by atoms with Crippen molar-refractivity contribution in [1.82, 2.24) is 34.8 Å². The van der Waals surface area contributed by atoms with Gasteiger partial charge in [-0.3, -0.25) is 14.5 Å². The summed E-state index contributed by atoms with van der Waals surface area (Å²) in [6.07, 6.45) is 2.22. The molecule has 1 amide bonds. The van der Waals surface area contributed by atoms with Crippen molar-refractivity contribution < 1.29 is 4.79 Å². The van der Waals surface area contributed by atoms with Crippen molar-refractivity contribution in [2.45, 2.75) is 51.0 Å². The lowest BCUT2D eigenvalue weighted by molar-refractivity contribution is -0.118. The number of hydrogen-bond donors (Lipinski definition) is 2. The molecule has 0 unspecified atom stereocenters. The number of aromatic amines is 1. The van der Waals surface area contributed by atoms with Gasteiger partial charge in [0.1, 0.15) is 0 Å². The zero-order valence-electron chi connectivity index (χ0n) is 16.4. The third-order valence-electron chi connectivity index (χ3n) is 4.88. The Morgan fingerprint density at radius 1 is 1.34 bits per heavy atom. The number of aromatic nitrogens is 6. The van der Waals surface area contributed by atoms with Gasteiger partial charge in [-0.25, -0.2) is 0 Å². The summed E-state index contributed by atoms with van der Waals surface area (Å²) < 4.78 is 4.66. The number of amides is 1. The summed E-state index contributed by atoms with van der Waals surface area (Å²) in [5, 5.41) is 19.4. The minimum atomic E-state index is -0.0747. The number of nitrogens with zero attached hydrogens (tertiary/aromatic N) is 5. The highest BCUT2D eigenvalue weighted by atomic mass is 32.2. The molecule has 1 aliphatic rings. The molecule has 2 N–H and O–H groups in total. The fourth-order valence-electron chi connectivity index (χ4n) is 3.23. The van der Waals surface area contributed by atoms with Gasteiger partial charge in [-0.15, -0.1) is 10.2 Å². The maximum atomic E-state index is 12.4. The number of aryl methyl sites for hydroxylation is 1. The van der Waals surface area contributed by atoms with Gasteiger partial charge in [0.2, 0.25) is 5.91 Å². The van der Waals surface area contributed by atoms with Crippen LogP contribution in [0.15, 0.2) is 29.4 Å². The Morgan fingerprint density at radius 2 is 2.14 bits per heavy atom. The summed E-state index contributed by atoms with van der Waals surface area (Å²) in [5.41, 5.74) is 2.20. The third kappa shape index (κ3) is 4.27. The van der Waals surface area contributed by atoms with Crippen molar-refractivity contribution in [1.29, 1.82) is 0 Å². The van der Waals surface area contributed by atoms with Crippen LogP contribution in [0.2, 0.25) is 0 Å². The maximum absolute atomic E-state index is 12.4. The van der Waals surface area contributed by atoms with Crippen molar-refractivity contribution >= 4 is 29.9 Å². The molecule has 2 heterocycles. The van der Waals surface area contributed by atoms with Gasteiger partial charge >= 0.3 is 0 Å². The van der Waals surface area contributed by atoms with Crippen LogP contribution in [-0.2, 0) is 17.9 Å². The Morgan fingerprint density at radius 3 is 2.86 bits per heavy atom. The SMILES string of the molecule is CCn1c(SCC(=O)NCc2n[nH]c(=S)n2C2CC2)nnc1-c1ccccc1C. The molecule has 0 radical (unpaired) electrons. The van der Waals surface area contributed by atoms with Crippen LogP contribution >= 0.6 is 24.0 Å². The molecule has 1 fully saturated rings. The van der Waals surface area contributed by atoms with E-state index in [1.54, 1.807) is 0 Å². The molecule has 1 aliphatic carbocycles. The Bertz CT molecular complexity index is 1080. The van der Waals surface area contributed by atoms with Crippen LogP contribution in [0.1, 0.15) is 37.2 Å². The van der Waals surface area contributed by atoms with Gasteiger partial charge in [0.05, 0.1) is 12.3 Å². The average molecular weight is 430 g/mol. The molecule has 0 aliphatic heterocycles. The second-order valence-corrected chi connectivity index (χ2v) is 8.31. The summed E-state index contributed by atoms with van der Waals surface area (Å²) in [6.45, 7) is 5.20. The third-order valence-corrected chi connectivity index (χ3v) is 6.14. The monoisotopic (exact) mass is 429 g/mol. The molecule has 152 valence electrons. The van der Waals surface area contributed by atoms with E-state index < -0.39 is 0 Å². The highest BCUT2D eigenvalue weighted by Crippen LogP contribution is 2.35. The molecule has 1 saturated carbocycles. The fraction of sp³-hybridized carbons (Fsp3) is 0.421. The van der Waals surface area contributed by atoms with E-state index in [4.69, 9.17) is 12.2 Å². The van der Waals surface area contributed by atoms with E-state index in [2.05, 4.69) is 45.6 Å². The van der Waals surface area contributed by atoms with Gasteiger partial charge in [-0.05, 0) is 44.5 Å². The first-order valence-electron chi connectivity index (χ1n) is 9.63. The molecule has 8 nitrogen and oxygen atoms in total. The van der Waals surface area contributed by atoms with Crippen LogP contribution in [0, 0.1) is 11.7 Å². The number of benzene rings is 1. The van der Waals surface area contributed by atoms with E-state index in [1.807, 2.05) is 27.3 Å². The smallest absolute Gasteiger partial charge is 0.230 e. The second-order valence-electron chi connectivity index (χ2n) is 6.98. The molecule has 4 rings (SSSR count). The Balaban J connectivity index is 1.39. The largest absolute Gasteiger partial charge is 0.348 e. The molecule has 10 heteroatoms. The Hall–Kier alpha value is -2.46. The minimum absolute atomic E-state index is 0.0747. The summed E-state index contributed by atoms with van der Waals surface area (Å²) in [4.78, 5) is 12.4. The Labute approximate surface area is 178 Å². The molecule has 0 bridgehead atoms. The van der Waals surface area contributed by atoms with Gasteiger partial charge in [0, 0.05) is 18.2 Å². The van der Waals surface area contributed by atoms with E-state index in [0.29, 0.717) is 17.4 Å². The molecule has 0 saturated heterocycles. The maximum Gasteiger partial charge on any atom is 0.230 e. The number of H-pyrrole nitrogens is 1. The van der Waals surface area contributed by atoms with Crippen molar-refractivity contribution in [3.63, 3.8) is 0 Å². The fourth-order valence-corrected chi connectivity index (χ4v) is 4.37. The first kappa shape index (κ1) is 19.8. The quantitative estimate of drug-likeness (QED) is 0.422. The molecule has 3 aromatic rings. The highest BCUT2D eigenvalue weighted by molar-refractivity contribution is 7.99. The lowest BCUT2D eigenvalue weighted by Gasteiger charge is -2.09. The molecule has 0 atom stereocenters. The molecular formula is C19H23N7OS2. The van der Waals surface area contributed by atoms with Crippen molar-refractivity contribution in [3.05, 3.63) is 40.4 Å². The number of nitrogens with one attached hydrogen (secondary N) is 2. The number of carbonyl (C=O) groups is 1. The Kier molecular flexibility index (Phi) is 5.81. The number of rotatable bonds is 8. The van der Waals surface area contributed by atoms with Crippen LogP contribution < -0.4 is 5.32 Å². The van der Waals surface area contributed by atoms with Crippen LogP contribution in [0.5, 0.6) is 0 Å². The lowest BCUT2D eigenvalue weighted by Crippen LogP contribution is -2.26. The number of thioether (sulfide) groups is 1. The van der Waals surface area contributed by atoms with Gasteiger partial charge in [0.25, 0.3) is 0 Å². The van der Waals surface area contributed by atoms with Crippen molar-refractivity contribution in [2.75, 3.05) is 5.75 Å². The van der Waals surface area contributed by atoms with E-state index in [9.17, 15) is 4.79 Å². The average Bonchev–Trinajstić information content (AvgIpc) is 3.36. The van der Waals surface area contributed by atoms with Gasteiger partial charge in [-0.2, -0.15) is 5.10 Å². The zero-order valence-corrected chi connectivity index (χ0v) is 18.0. The lowest BCUT2D eigenvalue weighted by atomic mass is 10.1. The zero-order chi connectivity index (χ0) is 20.4. The van der Waals surface area contributed by atoms with Crippen LogP contribution in [0.3, 0.4) is 0 Å². The standard InChI is InChI=1S/C19H23N7OS2/c1-3-25-17(14-7-5-4-6-12(14)2)22-24-19(25)29-11-16(27)20-10-15-21-23-18(28)26(15)13-8-9-13/h4-7,13H,3,8-11H2,1-2H3,(H,20,27)(H,23,28). The molecule has 0 spiro atoms. The first-order valence-corrected chi connectivity index (χ1v) is 11.0. The van der Waals surface area contributed by atoms with Gasteiger partial charge in [-0.1, -0.05) is 36.0 Å². The topological polar surface area (TPSA) is 93.4 Å². The van der Waals surface area contributed by atoms with Crippen LogP contribution in [-0.4, -0.2) is 41.2 Å². The normalized spacial score (nSPS) is 13.6. The molecule has 1 aromatic carbocycles. The highest BCUT2D eigenvalue weighted by Gasteiger charge is 2.27. The summed E-state index contributed by atoms with van der Waals surface area (Å²) in [7, 11) is 0. The predicted molar refractivity (Wildman–Crippen MR) is 114 cm³/mol. The summed E-state index contributed by atoms with van der Waals surface area (Å²) >= 11 is 6.66. The predicted octanol–water partition coefficient (Wildman–Crippen LogP) is 3.27. The van der Waals surface area contributed by atoms with E-state index in [-0.39, 0.29) is 11.7 Å². The molecular weight excluding hydrogens is 406 g/mol. The summed E-state index contributed by atoms with van der Waals surface area (Å²) in [5.74, 6) is 1.79. The van der Waals surface area contributed by atoms with Gasteiger partial charge < -0.3 is 9.88 Å². The van der Waals surface area contributed by atoms with Gasteiger partial charge in [0.15, 0.2) is 21.6 Å². The molecule has 29 heavy (non-hydrogen) atoms. The van der Waals surface area contributed by atoms with Crippen molar-refractivity contribution in [2.24, 2.45) is 0 Å². The second kappa shape index (κ2) is 8.50. The van der Waals surface area contributed by atoms with Crippen molar-refractivity contribution in [3.8, 4) is 11.4 Å². The van der Waals surface area contributed by atoms with E-state index in [1.165, 1.54) is 11.8 Å². The molecule has 2 aromatic heterocycles. The van der Waals surface area contributed by atoms with E-state index in [0.717, 1.165) is 47.3 Å².